The van der Waals surface area contributed by atoms with Crippen LogP contribution < -0.4 is 15.5 Å². The standard InChI is InChI=1S/C19H20F2N2O3/c1-11-6-18(24)17(10-22-11)19(25)23-14-2-4-15(5-3-14)26-16-8-12(20)7-13(21)9-16/h6-10,14-15H,2-5H2,1H3,(H,22,24)(H,23,25). The Hall–Kier alpha value is -2.70. The summed E-state index contributed by atoms with van der Waals surface area (Å²) in [5.74, 6) is -1.59. The number of carbonyl (C=O) groups is 1. The van der Waals surface area contributed by atoms with Gasteiger partial charge in [-0.1, -0.05) is 0 Å². The highest BCUT2D eigenvalue weighted by atomic mass is 19.1. The molecule has 1 fully saturated rings. The van der Waals surface area contributed by atoms with Gasteiger partial charge < -0.3 is 15.0 Å². The maximum absolute atomic E-state index is 13.2. The Labute approximate surface area is 149 Å². The molecule has 1 aliphatic carbocycles. The molecule has 0 aliphatic heterocycles. The van der Waals surface area contributed by atoms with E-state index in [1.807, 2.05) is 0 Å². The third-order valence-corrected chi connectivity index (χ3v) is 4.45. The van der Waals surface area contributed by atoms with Crippen LogP contribution in [0.2, 0.25) is 0 Å². The first-order valence-corrected chi connectivity index (χ1v) is 8.53. The van der Waals surface area contributed by atoms with Gasteiger partial charge in [-0.2, -0.15) is 0 Å². The van der Waals surface area contributed by atoms with E-state index in [2.05, 4.69) is 10.3 Å². The van der Waals surface area contributed by atoms with Crippen LogP contribution in [0.1, 0.15) is 41.7 Å². The SMILES string of the molecule is Cc1cc(=O)c(C(=O)NC2CCC(Oc3cc(F)cc(F)c3)CC2)c[nH]1. The third kappa shape index (κ3) is 4.47. The van der Waals surface area contributed by atoms with Gasteiger partial charge in [0, 0.05) is 42.2 Å². The summed E-state index contributed by atoms with van der Waals surface area (Å²) in [6.45, 7) is 1.74. The van der Waals surface area contributed by atoms with Crippen molar-refractivity contribution in [1.29, 1.82) is 0 Å². The zero-order valence-electron chi connectivity index (χ0n) is 14.4. The molecule has 0 unspecified atom stereocenters. The number of amides is 1. The Morgan fingerprint density at radius 3 is 2.38 bits per heavy atom. The number of benzene rings is 1. The first-order chi connectivity index (χ1) is 12.4. The van der Waals surface area contributed by atoms with Crippen LogP contribution in [0.3, 0.4) is 0 Å². The van der Waals surface area contributed by atoms with Gasteiger partial charge in [0.2, 0.25) is 0 Å². The fourth-order valence-corrected chi connectivity index (χ4v) is 3.13. The van der Waals surface area contributed by atoms with Crippen molar-refractivity contribution in [3.8, 4) is 5.75 Å². The number of pyridine rings is 1. The van der Waals surface area contributed by atoms with Crippen molar-refractivity contribution in [3.63, 3.8) is 0 Å². The molecule has 0 atom stereocenters. The average Bonchev–Trinajstić information content (AvgIpc) is 2.55. The molecule has 2 aromatic rings. The number of halogens is 2. The van der Waals surface area contributed by atoms with Crippen molar-refractivity contribution in [2.75, 3.05) is 0 Å². The third-order valence-electron chi connectivity index (χ3n) is 4.45. The Morgan fingerprint density at radius 1 is 1.12 bits per heavy atom. The van der Waals surface area contributed by atoms with Crippen molar-refractivity contribution in [2.45, 2.75) is 44.8 Å². The molecule has 0 saturated heterocycles. The summed E-state index contributed by atoms with van der Waals surface area (Å²) in [6, 6.07) is 4.43. The number of aromatic nitrogens is 1. The Balaban J connectivity index is 1.53. The Bertz CT molecular complexity index is 838. The predicted octanol–water partition coefficient (Wildman–Crippen LogP) is 3.08. The Kier molecular flexibility index (Phi) is 5.35. The monoisotopic (exact) mass is 362 g/mol. The summed E-state index contributed by atoms with van der Waals surface area (Å²) < 4.78 is 32.1. The van der Waals surface area contributed by atoms with Crippen LogP contribution in [0.25, 0.3) is 0 Å². The number of nitrogens with one attached hydrogen (secondary N) is 2. The fourth-order valence-electron chi connectivity index (χ4n) is 3.13. The highest BCUT2D eigenvalue weighted by molar-refractivity contribution is 5.93. The molecule has 0 spiro atoms. The number of hydrogen-bond acceptors (Lipinski definition) is 3. The van der Waals surface area contributed by atoms with Crippen LogP contribution in [0.15, 0.2) is 35.3 Å². The highest BCUT2D eigenvalue weighted by Crippen LogP contribution is 2.25. The van der Waals surface area contributed by atoms with Gasteiger partial charge in [-0.15, -0.1) is 0 Å². The lowest BCUT2D eigenvalue weighted by molar-refractivity contribution is 0.0892. The zero-order chi connectivity index (χ0) is 18.7. The lowest BCUT2D eigenvalue weighted by Crippen LogP contribution is -2.41. The van der Waals surface area contributed by atoms with Crippen LogP contribution in [-0.2, 0) is 0 Å². The Morgan fingerprint density at radius 2 is 1.77 bits per heavy atom. The molecule has 1 aromatic heterocycles. The maximum Gasteiger partial charge on any atom is 0.256 e. The van der Waals surface area contributed by atoms with Gasteiger partial charge in [0.25, 0.3) is 5.91 Å². The van der Waals surface area contributed by atoms with Gasteiger partial charge in [0.1, 0.15) is 22.9 Å². The molecular weight excluding hydrogens is 342 g/mol. The highest BCUT2D eigenvalue weighted by Gasteiger charge is 2.25. The summed E-state index contributed by atoms with van der Waals surface area (Å²) >= 11 is 0. The van der Waals surface area contributed by atoms with E-state index in [0.717, 1.165) is 18.2 Å². The normalized spacial score (nSPS) is 19.8. The van der Waals surface area contributed by atoms with E-state index in [9.17, 15) is 18.4 Å². The quantitative estimate of drug-likeness (QED) is 0.878. The summed E-state index contributed by atoms with van der Waals surface area (Å²) in [5.41, 5.74) is 0.464. The minimum atomic E-state index is -0.677. The summed E-state index contributed by atoms with van der Waals surface area (Å²) in [4.78, 5) is 27.0. The first-order valence-electron chi connectivity index (χ1n) is 8.53. The molecular formula is C19H20F2N2O3. The number of aromatic amines is 1. The fraction of sp³-hybridized carbons (Fsp3) is 0.368. The number of aryl methyl sites for hydroxylation is 1. The maximum atomic E-state index is 13.2. The molecule has 138 valence electrons. The van der Waals surface area contributed by atoms with Crippen molar-refractivity contribution in [2.24, 2.45) is 0 Å². The summed E-state index contributed by atoms with van der Waals surface area (Å²) in [5, 5.41) is 2.86. The van der Waals surface area contributed by atoms with E-state index in [0.29, 0.717) is 31.4 Å². The van der Waals surface area contributed by atoms with E-state index >= 15 is 0 Å². The molecule has 0 bridgehead atoms. The molecule has 1 saturated carbocycles. The second-order valence-corrected chi connectivity index (χ2v) is 6.56. The minimum absolute atomic E-state index is 0.0627. The molecule has 3 rings (SSSR count). The van der Waals surface area contributed by atoms with Gasteiger partial charge in [-0.05, 0) is 32.6 Å². The van der Waals surface area contributed by atoms with Crippen LogP contribution >= 0.6 is 0 Å². The number of H-pyrrole nitrogens is 1. The van der Waals surface area contributed by atoms with Gasteiger partial charge in [0.05, 0.1) is 6.10 Å². The van der Waals surface area contributed by atoms with E-state index in [-0.39, 0.29) is 28.9 Å². The average molecular weight is 362 g/mol. The van der Waals surface area contributed by atoms with Crippen LogP contribution in [0.5, 0.6) is 5.75 Å². The van der Waals surface area contributed by atoms with Gasteiger partial charge in [0.15, 0.2) is 5.43 Å². The van der Waals surface area contributed by atoms with E-state index in [1.54, 1.807) is 6.92 Å². The van der Waals surface area contributed by atoms with Crippen molar-refractivity contribution in [3.05, 3.63) is 63.6 Å². The van der Waals surface area contributed by atoms with Gasteiger partial charge in [-0.3, -0.25) is 9.59 Å². The second-order valence-electron chi connectivity index (χ2n) is 6.56. The molecule has 1 heterocycles. The molecule has 26 heavy (non-hydrogen) atoms. The lowest BCUT2D eigenvalue weighted by atomic mass is 9.92. The van der Waals surface area contributed by atoms with Gasteiger partial charge >= 0.3 is 0 Å². The molecule has 5 nitrogen and oxygen atoms in total. The molecule has 1 aliphatic rings. The minimum Gasteiger partial charge on any atom is -0.490 e. The lowest BCUT2D eigenvalue weighted by Gasteiger charge is -2.29. The number of hydrogen-bond donors (Lipinski definition) is 2. The largest absolute Gasteiger partial charge is 0.490 e. The van der Waals surface area contributed by atoms with E-state index in [1.165, 1.54) is 12.3 Å². The van der Waals surface area contributed by atoms with Crippen molar-refractivity contribution in [1.82, 2.24) is 10.3 Å². The van der Waals surface area contributed by atoms with E-state index < -0.39 is 17.5 Å². The zero-order valence-corrected chi connectivity index (χ0v) is 14.4. The number of rotatable bonds is 4. The van der Waals surface area contributed by atoms with Gasteiger partial charge in [-0.25, -0.2) is 8.78 Å². The van der Waals surface area contributed by atoms with Crippen LogP contribution in [0.4, 0.5) is 8.78 Å². The van der Waals surface area contributed by atoms with Crippen LogP contribution in [0, 0.1) is 18.6 Å². The second kappa shape index (κ2) is 7.68. The molecule has 0 radical (unpaired) electrons. The van der Waals surface area contributed by atoms with Crippen molar-refractivity contribution >= 4 is 5.91 Å². The van der Waals surface area contributed by atoms with E-state index in [4.69, 9.17) is 4.74 Å². The summed E-state index contributed by atoms with van der Waals surface area (Å²) in [7, 11) is 0. The topological polar surface area (TPSA) is 71.2 Å². The molecule has 1 aromatic carbocycles. The smallest absolute Gasteiger partial charge is 0.256 e. The number of carbonyl (C=O) groups excluding carboxylic acids is 1. The number of ether oxygens (including phenoxy) is 1. The molecule has 2 N–H and O–H groups in total. The predicted molar refractivity (Wildman–Crippen MR) is 92.3 cm³/mol. The molecule has 7 heteroatoms. The van der Waals surface area contributed by atoms with Crippen molar-refractivity contribution < 1.29 is 18.3 Å². The molecule has 1 amide bonds. The first kappa shape index (κ1) is 18.1. The summed E-state index contributed by atoms with van der Waals surface area (Å²) in [6.07, 6.45) is 3.88. The van der Waals surface area contributed by atoms with Crippen LogP contribution in [-0.4, -0.2) is 23.0 Å².